The van der Waals surface area contributed by atoms with E-state index in [2.05, 4.69) is 15.1 Å². The normalized spacial score (nSPS) is 16.5. The molecule has 11 heteroatoms. The monoisotopic (exact) mass is 468 g/mol. The molecule has 2 amide bonds. The number of nitrogens with one attached hydrogen (secondary N) is 1. The first-order valence-electron chi connectivity index (χ1n) is 10.9. The molecule has 0 unspecified atom stereocenters. The molecule has 0 saturated carbocycles. The number of ether oxygens (including phenoxy) is 1. The summed E-state index contributed by atoms with van der Waals surface area (Å²) in [6.45, 7) is 7.33. The topological polar surface area (TPSA) is 143 Å². The first kappa shape index (κ1) is 28.0. The number of methoxy groups -OCH3 is 1. The van der Waals surface area contributed by atoms with Gasteiger partial charge in [-0.1, -0.05) is 0 Å². The number of benzene rings is 1. The Balaban J connectivity index is 0.000000819. The van der Waals surface area contributed by atoms with Crippen LogP contribution in [0, 0.1) is 5.92 Å². The van der Waals surface area contributed by atoms with Crippen LogP contribution in [0.3, 0.4) is 0 Å². The third-order valence-electron chi connectivity index (χ3n) is 5.64. The lowest BCUT2D eigenvalue weighted by atomic mass is 9.97. The Morgan fingerprint density at radius 3 is 2.09 bits per heavy atom. The number of urea groups is 1. The van der Waals surface area contributed by atoms with E-state index in [1.807, 2.05) is 17.0 Å². The van der Waals surface area contributed by atoms with E-state index in [0.717, 1.165) is 77.5 Å². The number of phenols is 1. The molecule has 2 aliphatic rings. The largest absolute Gasteiger partial charge is 0.508 e. The van der Waals surface area contributed by atoms with Gasteiger partial charge in [0.2, 0.25) is 0 Å². The predicted octanol–water partition coefficient (Wildman–Crippen LogP) is 0.984. The van der Waals surface area contributed by atoms with Crippen molar-refractivity contribution in [3.8, 4) is 5.75 Å². The first-order chi connectivity index (χ1) is 16.0. The smallest absolute Gasteiger partial charge is 0.317 e. The summed E-state index contributed by atoms with van der Waals surface area (Å²) in [5.74, 6) is 0.854. The Bertz CT molecular complexity index is 668. The van der Waals surface area contributed by atoms with Gasteiger partial charge in [0.25, 0.3) is 12.9 Å². The van der Waals surface area contributed by atoms with Gasteiger partial charge in [-0.2, -0.15) is 0 Å². The minimum atomic E-state index is -0.250. The first-order valence-corrected chi connectivity index (χ1v) is 10.9. The molecule has 0 atom stereocenters. The van der Waals surface area contributed by atoms with Crippen LogP contribution in [0.2, 0.25) is 0 Å². The number of piperidine rings is 1. The van der Waals surface area contributed by atoms with Crippen LogP contribution in [0.4, 0.5) is 10.5 Å². The molecular formula is C22H36N4O7. The van der Waals surface area contributed by atoms with Crippen molar-refractivity contribution in [2.45, 2.75) is 12.8 Å². The molecule has 1 aromatic rings. The number of carbonyl (C=O) groups is 3. The zero-order valence-electron chi connectivity index (χ0n) is 19.1. The van der Waals surface area contributed by atoms with Gasteiger partial charge in [-0.3, -0.25) is 9.59 Å². The number of anilines is 1. The molecule has 2 heterocycles. The SMILES string of the molecule is COCCN1CCC(CNC(=O)N2CCN(c3ccc(O)cc3)CC2)CC1.O=CO.O=CO. The molecule has 2 saturated heterocycles. The van der Waals surface area contributed by atoms with Gasteiger partial charge in [0.1, 0.15) is 5.75 Å². The molecule has 2 aliphatic heterocycles. The van der Waals surface area contributed by atoms with Gasteiger partial charge in [0, 0.05) is 52.1 Å². The molecule has 0 bridgehead atoms. The lowest BCUT2D eigenvalue weighted by molar-refractivity contribution is -0.123. The Morgan fingerprint density at radius 1 is 1.03 bits per heavy atom. The summed E-state index contributed by atoms with van der Waals surface area (Å²) in [5, 5.41) is 26.3. The van der Waals surface area contributed by atoms with E-state index in [0.29, 0.717) is 5.92 Å². The molecule has 3 rings (SSSR count). The van der Waals surface area contributed by atoms with E-state index < -0.39 is 0 Å². The van der Waals surface area contributed by atoms with Gasteiger partial charge in [0.15, 0.2) is 0 Å². The van der Waals surface area contributed by atoms with Gasteiger partial charge in [-0.15, -0.1) is 0 Å². The highest BCUT2D eigenvalue weighted by Crippen LogP contribution is 2.20. The lowest BCUT2D eigenvalue weighted by Crippen LogP contribution is -2.52. The van der Waals surface area contributed by atoms with Gasteiger partial charge >= 0.3 is 6.03 Å². The van der Waals surface area contributed by atoms with Crippen molar-refractivity contribution in [3.05, 3.63) is 24.3 Å². The fourth-order valence-corrected chi connectivity index (χ4v) is 3.81. The van der Waals surface area contributed by atoms with Crippen molar-refractivity contribution < 1.29 is 34.4 Å². The second kappa shape index (κ2) is 16.6. The number of aromatic hydroxyl groups is 1. The summed E-state index contributed by atoms with van der Waals surface area (Å²) in [6, 6.07) is 7.31. The van der Waals surface area contributed by atoms with Crippen LogP contribution in [0.25, 0.3) is 0 Å². The third kappa shape index (κ3) is 10.9. The zero-order chi connectivity index (χ0) is 24.5. The standard InChI is InChI=1S/C20H32N4O3.2CH2O2/c1-27-15-14-22-8-6-17(7-9-22)16-21-20(26)24-12-10-23(11-13-24)18-2-4-19(25)5-3-18;2*2-1-3/h2-5,17,25H,6-16H2,1H3,(H,21,26);2*1H,(H,2,3). The Kier molecular flexibility index (Phi) is 14.0. The summed E-state index contributed by atoms with van der Waals surface area (Å²) in [6.07, 6.45) is 2.28. The molecule has 2 fully saturated rings. The molecule has 33 heavy (non-hydrogen) atoms. The molecular weight excluding hydrogens is 432 g/mol. The average Bonchev–Trinajstić information content (AvgIpc) is 2.83. The van der Waals surface area contributed by atoms with Gasteiger partial charge in [-0.05, 0) is 56.1 Å². The minimum Gasteiger partial charge on any atom is -0.508 e. The van der Waals surface area contributed by atoms with Crippen LogP contribution in [0.1, 0.15) is 12.8 Å². The highest BCUT2D eigenvalue weighted by atomic mass is 16.5. The number of amides is 2. The number of carboxylic acid groups (broad SMARTS) is 2. The number of likely N-dealkylation sites (tertiary alicyclic amines) is 1. The van der Waals surface area contributed by atoms with E-state index in [-0.39, 0.29) is 24.7 Å². The van der Waals surface area contributed by atoms with Crippen molar-refractivity contribution in [2.24, 2.45) is 5.92 Å². The van der Waals surface area contributed by atoms with E-state index in [1.54, 1.807) is 19.2 Å². The number of nitrogens with zero attached hydrogens (tertiary/aromatic N) is 3. The maximum atomic E-state index is 12.5. The zero-order valence-corrected chi connectivity index (χ0v) is 19.1. The van der Waals surface area contributed by atoms with Crippen molar-refractivity contribution in [3.63, 3.8) is 0 Å². The molecule has 4 N–H and O–H groups in total. The van der Waals surface area contributed by atoms with Crippen LogP contribution in [-0.4, -0.2) is 110 Å². The second-order valence-corrected chi connectivity index (χ2v) is 7.67. The number of piperazine rings is 1. The fourth-order valence-electron chi connectivity index (χ4n) is 3.81. The highest BCUT2D eigenvalue weighted by Gasteiger charge is 2.23. The van der Waals surface area contributed by atoms with Crippen molar-refractivity contribution in [2.75, 3.05) is 71.0 Å². The Morgan fingerprint density at radius 2 is 1.58 bits per heavy atom. The van der Waals surface area contributed by atoms with Crippen LogP contribution in [-0.2, 0) is 14.3 Å². The molecule has 0 aliphatic carbocycles. The summed E-state index contributed by atoms with van der Waals surface area (Å²) in [5.41, 5.74) is 1.09. The number of phenolic OH excluding ortho intramolecular Hbond substituents is 1. The number of hydrogen-bond donors (Lipinski definition) is 4. The van der Waals surface area contributed by atoms with E-state index in [9.17, 15) is 9.90 Å². The number of carbonyl (C=O) groups excluding carboxylic acids is 1. The van der Waals surface area contributed by atoms with Crippen LogP contribution < -0.4 is 10.2 Å². The predicted molar refractivity (Wildman–Crippen MR) is 124 cm³/mol. The molecule has 0 spiro atoms. The van der Waals surface area contributed by atoms with Crippen LogP contribution in [0.5, 0.6) is 5.75 Å². The van der Waals surface area contributed by atoms with Crippen LogP contribution in [0.15, 0.2) is 24.3 Å². The fraction of sp³-hybridized carbons (Fsp3) is 0.591. The maximum Gasteiger partial charge on any atom is 0.317 e. The molecule has 1 aromatic carbocycles. The van der Waals surface area contributed by atoms with Crippen LogP contribution >= 0.6 is 0 Å². The average molecular weight is 469 g/mol. The van der Waals surface area contributed by atoms with Gasteiger partial charge in [-0.25, -0.2) is 4.79 Å². The number of hydrogen-bond acceptors (Lipinski definition) is 7. The summed E-state index contributed by atoms with van der Waals surface area (Å²) >= 11 is 0. The highest BCUT2D eigenvalue weighted by molar-refractivity contribution is 5.74. The molecule has 186 valence electrons. The third-order valence-corrected chi connectivity index (χ3v) is 5.64. The maximum absolute atomic E-state index is 12.5. The summed E-state index contributed by atoms with van der Waals surface area (Å²) in [7, 11) is 1.74. The van der Waals surface area contributed by atoms with Crippen molar-refractivity contribution in [1.29, 1.82) is 0 Å². The summed E-state index contributed by atoms with van der Waals surface area (Å²) < 4.78 is 5.14. The van der Waals surface area contributed by atoms with E-state index in [1.165, 1.54) is 0 Å². The Hall–Kier alpha value is -3.05. The second-order valence-electron chi connectivity index (χ2n) is 7.67. The molecule has 0 radical (unpaired) electrons. The van der Waals surface area contributed by atoms with E-state index in [4.69, 9.17) is 24.5 Å². The van der Waals surface area contributed by atoms with Crippen molar-refractivity contribution in [1.82, 2.24) is 15.1 Å². The summed E-state index contributed by atoms with van der Waals surface area (Å²) in [4.78, 5) is 35.8. The lowest BCUT2D eigenvalue weighted by Gasteiger charge is -2.36. The van der Waals surface area contributed by atoms with Crippen molar-refractivity contribution >= 4 is 24.7 Å². The minimum absolute atomic E-state index is 0.0576. The van der Waals surface area contributed by atoms with Gasteiger partial charge in [0.05, 0.1) is 6.61 Å². The van der Waals surface area contributed by atoms with Gasteiger partial charge < -0.3 is 40.1 Å². The quantitative estimate of drug-likeness (QED) is 0.449. The molecule has 11 nitrogen and oxygen atoms in total. The Labute approximate surface area is 194 Å². The number of rotatable bonds is 6. The van der Waals surface area contributed by atoms with E-state index >= 15 is 0 Å². The molecule has 0 aromatic heterocycles.